The Hall–Kier alpha value is -12.7. The van der Waals surface area contributed by atoms with E-state index in [0.29, 0.717) is 0 Å². The van der Waals surface area contributed by atoms with Crippen molar-refractivity contribution in [3.63, 3.8) is 0 Å². The molecule has 284 valence electrons. The van der Waals surface area contributed by atoms with Crippen molar-refractivity contribution in [2.45, 2.75) is 13.8 Å². The minimum atomic E-state index is 0.149. The molecule has 0 unspecified atom stereocenters. The van der Waals surface area contributed by atoms with Gasteiger partial charge in [-0.15, -0.1) is 0 Å². The van der Waals surface area contributed by atoms with E-state index in [1.165, 1.54) is 0 Å². The van der Waals surface area contributed by atoms with Crippen LogP contribution in [0.4, 0.5) is 0 Å². The summed E-state index contributed by atoms with van der Waals surface area (Å²) in [6.45, 7) is 10.6. The van der Waals surface area contributed by atoms with Crippen molar-refractivity contribution in [1.82, 2.24) is 0 Å². The first-order valence-corrected chi connectivity index (χ1v) is 18.1. The average molecular weight is 815 g/mol. The lowest BCUT2D eigenvalue weighted by molar-refractivity contribution is 0.104. The van der Waals surface area contributed by atoms with Gasteiger partial charge in [0, 0.05) is 183 Å². The van der Waals surface area contributed by atoms with Gasteiger partial charge in [-0.2, -0.15) is 0 Å². The molecule has 0 aliphatic heterocycles. The molecule has 66 heavy (non-hydrogen) atoms. The lowest BCUT2D eigenvalue weighted by Crippen LogP contribution is -1.93. The van der Waals surface area contributed by atoms with Crippen LogP contribution < -0.4 is 0 Å². The lowest BCUT2D eigenvalue weighted by atomic mass is 10.1. The van der Waals surface area contributed by atoms with Gasteiger partial charge in [-0.3, -0.25) is 4.79 Å². The van der Waals surface area contributed by atoms with E-state index < -0.39 is 0 Å². The van der Waals surface area contributed by atoms with E-state index in [1.807, 2.05) is 62.4 Å². The molecule has 0 fully saturated rings. The van der Waals surface area contributed by atoms with Gasteiger partial charge >= 0.3 is 0 Å². The number of fused-ring (bicyclic) bond motifs is 3. The van der Waals surface area contributed by atoms with Gasteiger partial charge in [0.25, 0.3) is 0 Å². The summed E-state index contributed by atoms with van der Waals surface area (Å²) < 4.78 is 0. The molecule has 0 spiro atoms. The predicted octanol–water partition coefficient (Wildman–Crippen LogP) is 12.2. The number of ketones is 1. The van der Waals surface area contributed by atoms with Crippen molar-refractivity contribution in [3.05, 3.63) is 348 Å². The van der Waals surface area contributed by atoms with Crippen LogP contribution in [0.1, 0.15) is 29.8 Å². The van der Waals surface area contributed by atoms with E-state index in [2.05, 4.69) is 288 Å². The number of rotatable bonds is 0. The first kappa shape index (κ1) is 51.3. The van der Waals surface area contributed by atoms with Crippen molar-refractivity contribution >= 4 is 5.78 Å². The Balaban J connectivity index is 0.00000112. The van der Waals surface area contributed by atoms with Crippen LogP contribution in [-0.2, 0) is 0 Å². The first-order valence-electron chi connectivity index (χ1n) is 18.1. The molecule has 0 radical (unpaired) electrons. The van der Waals surface area contributed by atoms with E-state index in [4.69, 9.17) is 0 Å². The summed E-state index contributed by atoms with van der Waals surface area (Å²) in [7, 11) is 0. The van der Waals surface area contributed by atoms with E-state index >= 15 is 0 Å². The van der Waals surface area contributed by atoms with E-state index in [9.17, 15) is 4.79 Å². The molecule has 1 aliphatic rings. The topological polar surface area (TPSA) is 17.1 Å². The normalized spacial score (nSPS) is 5.70. The number of benzene rings is 2. The maximum absolute atomic E-state index is 11.9. The van der Waals surface area contributed by atoms with Crippen LogP contribution in [0.2, 0.25) is 0 Å². The summed E-state index contributed by atoms with van der Waals surface area (Å²) in [6.07, 6.45) is 0. The standard InChI is InChI=1S/C50H4.C13H8O.C2H6/c1-3-5-7-9-11-13-15-17-19-21-23-25-27-29-31-33-35-37-39-41-43-45-47-49-50-48-46-44-42-40-38-36-34-32-30-28-26-24-22-20-18-16-14-12-10-8-6-4-2;14-13-11-7-3-1-5-9(11)10-6-2-4-8-12(10)13;1-2/h1-2H2;1-8H;1-2H3. The minimum absolute atomic E-state index is 0.149. The van der Waals surface area contributed by atoms with Gasteiger partial charge in [-0.25, -0.2) is 0 Å². The lowest BCUT2D eigenvalue weighted by Gasteiger charge is -1.96. The largest absolute Gasteiger partial charge is 0.289 e. The highest BCUT2D eigenvalue weighted by Gasteiger charge is 2.24. The van der Waals surface area contributed by atoms with E-state index in [1.54, 1.807) is 0 Å². The molecule has 0 bridgehead atoms. The van der Waals surface area contributed by atoms with Crippen LogP contribution in [0.15, 0.2) is 337 Å². The summed E-state index contributed by atoms with van der Waals surface area (Å²) in [5.41, 5.74) is 123. The fourth-order valence-corrected chi connectivity index (χ4v) is 3.44. The summed E-state index contributed by atoms with van der Waals surface area (Å²) in [5, 5.41) is 0. The first-order chi connectivity index (χ1) is 32.8. The third-order valence-electron chi connectivity index (χ3n) is 5.62. The second-order valence-electron chi connectivity index (χ2n) is 9.52. The van der Waals surface area contributed by atoms with Crippen molar-refractivity contribution in [3.8, 4) is 11.1 Å². The SMILES string of the molecule is C=C=C=C=C=C=C=C=C=C=C=C=C=C=C=C=C=C=C=C=C=C=C=C=C=C=C=C=C=C=C=C=C=C=C=C=C=C=C=C=C=C=C=C=C=C=C=C=C=C.CC.O=C1c2ccccc2-c2ccccc21. The summed E-state index contributed by atoms with van der Waals surface area (Å²) in [5.74, 6) is 0.149. The van der Waals surface area contributed by atoms with Crippen molar-refractivity contribution in [1.29, 1.82) is 0 Å². The molecular formula is C65H18O. The third-order valence-corrected chi connectivity index (χ3v) is 5.62. The van der Waals surface area contributed by atoms with Crippen LogP contribution in [0.5, 0.6) is 0 Å². The Kier molecular flexibility index (Phi) is 31.5. The molecule has 0 saturated carbocycles. The maximum atomic E-state index is 11.9. The molecule has 0 heterocycles. The molecule has 0 atom stereocenters. The fourth-order valence-electron chi connectivity index (χ4n) is 3.44. The van der Waals surface area contributed by atoms with Gasteiger partial charge < -0.3 is 0 Å². The van der Waals surface area contributed by atoms with Gasteiger partial charge in [-0.05, 0) is 116 Å². The third kappa shape index (κ3) is 27.8. The summed E-state index contributed by atoms with van der Waals surface area (Å²) in [4.78, 5) is 11.9. The van der Waals surface area contributed by atoms with Crippen molar-refractivity contribution < 1.29 is 4.79 Å². The van der Waals surface area contributed by atoms with Crippen LogP contribution in [-0.4, -0.2) is 5.78 Å². The average Bonchev–Trinajstić information content (AvgIpc) is 3.64. The predicted molar refractivity (Wildman–Crippen MR) is 247 cm³/mol. The molecule has 1 nitrogen and oxygen atoms in total. The molecule has 0 aromatic heterocycles. The van der Waals surface area contributed by atoms with Gasteiger partial charge in [0.1, 0.15) is 0 Å². The van der Waals surface area contributed by atoms with Gasteiger partial charge in [0.05, 0.1) is 0 Å². The Morgan fingerprint density at radius 2 is 0.348 bits per heavy atom. The molecule has 0 amide bonds. The molecule has 1 heteroatoms. The highest BCUT2D eigenvalue weighted by Crippen LogP contribution is 2.35. The fraction of sp³-hybridized carbons (Fsp3) is 0.0308. The Morgan fingerprint density at radius 1 is 0.227 bits per heavy atom. The minimum Gasteiger partial charge on any atom is -0.289 e. The second-order valence-corrected chi connectivity index (χ2v) is 9.52. The number of hydrogen-bond donors (Lipinski definition) is 0. The molecule has 2 aromatic rings. The quantitative estimate of drug-likeness (QED) is 0.207. The molecule has 1 aliphatic carbocycles. The molecule has 3 rings (SSSR count). The second kappa shape index (κ2) is 40.5. The smallest absolute Gasteiger partial charge is 0.194 e. The van der Waals surface area contributed by atoms with Crippen LogP contribution >= 0.6 is 0 Å². The highest BCUT2D eigenvalue weighted by molar-refractivity contribution is 6.21. The zero-order valence-corrected chi connectivity index (χ0v) is 34.9. The molecule has 0 N–H and O–H groups in total. The van der Waals surface area contributed by atoms with Crippen molar-refractivity contribution in [2.24, 2.45) is 0 Å². The Morgan fingerprint density at radius 3 is 0.485 bits per heavy atom. The summed E-state index contributed by atoms with van der Waals surface area (Å²) in [6, 6.07) is 15.5. The van der Waals surface area contributed by atoms with Crippen LogP contribution in [0.25, 0.3) is 11.1 Å². The van der Waals surface area contributed by atoms with Crippen LogP contribution in [0, 0.1) is 0 Å². The van der Waals surface area contributed by atoms with Gasteiger partial charge in [-0.1, -0.05) is 73.8 Å². The highest BCUT2D eigenvalue weighted by atomic mass is 16.1. The van der Waals surface area contributed by atoms with Crippen molar-refractivity contribution in [2.75, 3.05) is 0 Å². The number of carbonyl (C=O) groups excluding carboxylic acids is 1. The van der Waals surface area contributed by atoms with Gasteiger partial charge in [0.2, 0.25) is 0 Å². The van der Waals surface area contributed by atoms with E-state index in [-0.39, 0.29) is 5.78 Å². The van der Waals surface area contributed by atoms with E-state index in [0.717, 1.165) is 22.3 Å². The molecule has 2 aromatic carbocycles. The monoisotopic (exact) mass is 814 g/mol. The zero-order valence-electron chi connectivity index (χ0n) is 34.9. The van der Waals surface area contributed by atoms with Gasteiger partial charge in [0.15, 0.2) is 5.78 Å². The number of hydrogen-bond acceptors (Lipinski definition) is 1. The van der Waals surface area contributed by atoms with Crippen LogP contribution in [0.3, 0.4) is 0 Å². The maximum Gasteiger partial charge on any atom is 0.194 e. The Bertz CT molecular complexity index is 4050. The summed E-state index contributed by atoms with van der Waals surface area (Å²) >= 11 is 0. The zero-order chi connectivity index (χ0) is 47.5. The number of carbonyl (C=O) groups is 1. The Labute approximate surface area is 381 Å². The molecule has 0 saturated heterocycles. The molecular weight excluding hydrogens is 797 g/mol.